The van der Waals surface area contributed by atoms with Crippen molar-refractivity contribution in [2.75, 3.05) is 23.4 Å². The molecule has 120 valence electrons. The van der Waals surface area contributed by atoms with E-state index in [0.29, 0.717) is 48.1 Å². The van der Waals surface area contributed by atoms with Gasteiger partial charge in [0.05, 0.1) is 17.3 Å². The van der Waals surface area contributed by atoms with E-state index in [0.717, 1.165) is 4.90 Å². The highest BCUT2D eigenvalue weighted by molar-refractivity contribution is 6.12. The first-order valence-corrected chi connectivity index (χ1v) is 7.16. The molecule has 2 aromatic carbocycles. The van der Waals surface area contributed by atoms with Crippen molar-refractivity contribution in [1.29, 1.82) is 5.26 Å². The second-order valence-electron chi connectivity index (χ2n) is 4.93. The molecule has 0 spiro atoms. The number of hydrogen-bond acceptors (Lipinski definition) is 5. The van der Waals surface area contributed by atoms with Crippen molar-refractivity contribution in [2.45, 2.75) is 0 Å². The third-order valence-corrected chi connectivity index (χ3v) is 3.37. The number of nitrogens with zero attached hydrogens (tertiary/aromatic N) is 2. The smallest absolute Gasteiger partial charge is 0.332 e. The minimum atomic E-state index is -0.642. The maximum Gasteiger partial charge on any atom is 0.332 e. The quantitative estimate of drug-likeness (QED) is 0.876. The summed E-state index contributed by atoms with van der Waals surface area (Å²) in [5, 5.41) is 11.5. The number of nitrogens with one attached hydrogen (secondary N) is 1. The Bertz CT molecular complexity index is 829. The number of anilines is 2. The van der Waals surface area contributed by atoms with Crippen molar-refractivity contribution in [1.82, 2.24) is 0 Å². The topological polar surface area (TPSA) is 91.7 Å². The van der Waals surface area contributed by atoms with Gasteiger partial charge in [-0.2, -0.15) is 5.26 Å². The van der Waals surface area contributed by atoms with Crippen LogP contribution in [0.15, 0.2) is 42.5 Å². The van der Waals surface area contributed by atoms with Gasteiger partial charge in [0, 0.05) is 11.8 Å². The van der Waals surface area contributed by atoms with Crippen LogP contribution in [0.1, 0.15) is 5.56 Å². The van der Waals surface area contributed by atoms with Crippen LogP contribution in [-0.4, -0.2) is 25.7 Å². The number of ether oxygens (including phenoxy) is 2. The molecule has 0 aromatic heterocycles. The number of rotatable bonds is 3. The average Bonchev–Trinajstić information content (AvgIpc) is 2.62. The van der Waals surface area contributed by atoms with Gasteiger partial charge in [-0.05, 0) is 30.3 Å². The van der Waals surface area contributed by atoms with Gasteiger partial charge in [-0.25, -0.2) is 9.69 Å². The monoisotopic (exact) mass is 323 g/mol. The molecule has 0 radical (unpaired) electrons. The van der Waals surface area contributed by atoms with Crippen LogP contribution in [0.5, 0.6) is 11.5 Å². The van der Waals surface area contributed by atoms with Gasteiger partial charge in [0.15, 0.2) is 11.5 Å². The third kappa shape index (κ3) is 3.13. The van der Waals surface area contributed by atoms with Crippen LogP contribution in [-0.2, 0) is 4.79 Å². The molecule has 0 saturated carbocycles. The van der Waals surface area contributed by atoms with Crippen molar-refractivity contribution < 1.29 is 19.1 Å². The van der Waals surface area contributed by atoms with E-state index in [-0.39, 0.29) is 0 Å². The summed E-state index contributed by atoms with van der Waals surface area (Å²) in [5.74, 6) is 1.14. The Morgan fingerprint density at radius 1 is 1.17 bits per heavy atom. The fourth-order valence-corrected chi connectivity index (χ4v) is 2.26. The molecule has 0 saturated heterocycles. The van der Waals surface area contributed by atoms with E-state index in [9.17, 15) is 9.59 Å². The SMILES string of the molecule is N#Cc1cccc(N(C=O)C(=O)Nc2ccc3c(c2)OCCO3)c1. The van der Waals surface area contributed by atoms with Crippen LogP contribution >= 0.6 is 0 Å². The Labute approximate surface area is 138 Å². The van der Waals surface area contributed by atoms with E-state index in [1.54, 1.807) is 36.4 Å². The zero-order valence-corrected chi connectivity index (χ0v) is 12.6. The van der Waals surface area contributed by atoms with Gasteiger partial charge >= 0.3 is 6.03 Å². The molecular formula is C17H13N3O4. The number of nitriles is 1. The molecule has 0 unspecified atom stereocenters. The lowest BCUT2D eigenvalue weighted by Gasteiger charge is -2.20. The van der Waals surface area contributed by atoms with Crippen molar-refractivity contribution in [3.05, 3.63) is 48.0 Å². The standard InChI is InChI=1S/C17H13N3O4/c18-10-12-2-1-3-14(8-12)20(11-21)17(22)19-13-4-5-15-16(9-13)24-7-6-23-15/h1-5,8-9,11H,6-7H2,(H,19,22). The van der Waals surface area contributed by atoms with E-state index in [1.807, 2.05) is 6.07 Å². The normalized spacial score (nSPS) is 12.0. The van der Waals surface area contributed by atoms with Crippen LogP contribution in [0.2, 0.25) is 0 Å². The predicted molar refractivity (Wildman–Crippen MR) is 86.2 cm³/mol. The lowest BCUT2D eigenvalue weighted by Crippen LogP contribution is -2.33. The van der Waals surface area contributed by atoms with Gasteiger partial charge in [0.25, 0.3) is 0 Å². The Morgan fingerprint density at radius 3 is 2.71 bits per heavy atom. The van der Waals surface area contributed by atoms with Gasteiger partial charge in [0.1, 0.15) is 13.2 Å². The number of hydrogen-bond donors (Lipinski definition) is 1. The summed E-state index contributed by atoms with van der Waals surface area (Å²) in [6.07, 6.45) is 0.393. The van der Waals surface area contributed by atoms with Crippen LogP contribution in [0.25, 0.3) is 0 Å². The number of urea groups is 1. The molecule has 0 fully saturated rings. The minimum absolute atomic E-state index is 0.305. The molecule has 3 rings (SSSR count). The minimum Gasteiger partial charge on any atom is -0.486 e. The second-order valence-corrected chi connectivity index (χ2v) is 4.93. The van der Waals surface area contributed by atoms with E-state index in [1.165, 1.54) is 6.07 Å². The molecule has 0 atom stereocenters. The Kier molecular flexibility index (Phi) is 4.29. The van der Waals surface area contributed by atoms with E-state index >= 15 is 0 Å². The molecule has 1 aliphatic rings. The Morgan fingerprint density at radius 2 is 1.96 bits per heavy atom. The summed E-state index contributed by atoms with van der Waals surface area (Å²) in [7, 11) is 0. The van der Waals surface area contributed by atoms with Crippen molar-refractivity contribution >= 4 is 23.8 Å². The van der Waals surface area contributed by atoms with Gasteiger partial charge in [-0.15, -0.1) is 0 Å². The molecule has 1 heterocycles. The first kappa shape index (κ1) is 15.4. The second kappa shape index (κ2) is 6.71. The summed E-state index contributed by atoms with van der Waals surface area (Å²) < 4.78 is 10.9. The lowest BCUT2D eigenvalue weighted by molar-refractivity contribution is -0.106. The molecule has 1 N–H and O–H groups in total. The summed E-state index contributed by atoms with van der Waals surface area (Å²) in [6.45, 7) is 0.915. The summed E-state index contributed by atoms with van der Waals surface area (Å²) >= 11 is 0. The fraction of sp³-hybridized carbons (Fsp3) is 0.118. The van der Waals surface area contributed by atoms with E-state index in [4.69, 9.17) is 14.7 Å². The number of carbonyl (C=O) groups excluding carboxylic acids is 2. The van der Waals surface area contributed by atoms with Gasteiger partial charge in [-0.3, -0.25) is 4.79 Å². The zero-order chi connectivity index (χ0) is 16.9. The van der Waals surface area contributed by atoms with Crippen LogP contribution < -0.4 is 19.7 Å². The molecular weight excluding hydrogens is 310 g/mol. The maximum absolute atomic E-state index is 12.3. The highest BCUT2D eigenvalue weighted by Gasteiger charge is 2.17. The molecule has 0 aliphatic carbocycles. The molecule has 3 amide bonds. The van der Waals surface area contributed by atoms with E-state index in [2.05, 4.69) is 5.32 Å². The van der Waals surface area contributed by atoms with E-state index < -0.39 is 6.03 Å². The molecule has 7 nitrogen and oxygen atoms in total. The zero-order valence-electron chi connectivity index (χ0n) is 12.6. The fourth-order valence-electron chi connectivity index (χ4n) is 2.26. The molecule has 0 bridgehead atoms. The highest BCUT2D eigenvalue weighted by Crippen LogP contribution is 2.32. The summed E-state index contributed by atoms with van der Waals surface area (Å²) in [6, 6.07) is 12.5. The number of amides is 3. The molecule has 7 heteroatoms. The number of carbonyl (C=O) groups is 2. The predicted octanol–water partition coefficient (Wildman–Crippen LogP) is 2.52. The summed E-state index contributed by atoms with van der Waals surface area (Å²) in [4.78, 5) is 24.5. The third-order valence-electron chi connectivity index (χ3n) is 3.37. The number of fused-ring (bicyclic) bond motifs is 1. The largest absolute Gasteiger partial charge is 0.486 e. The van der Waals surface area contributed by atoms with Gasteiger partial charge in [0.2, 0.25) is 6.41 Å². The molecule has 24 heavy (non-hydrogen) atoms. The van der Waals surface area contributed by atoms with Crippen LogP contribution in [0.4, 0.5) is 16.2 Å². The molecule has 1 aliphatic heterocycles. The van der Waals surface area contributed by atoms with Crippen molar-refractivity contribution in [3.63, 3.8) is 0 Å². The van der Waals surface area contributed by atoms with Gasteiger partial charge in [-0.1, -0.05) is 6.07 Å². The molecule has 2 aromatic rings. The van der Waals surface area contributed by atoms with Crippen molar-refractivity contribution in [3.8, 4) is 17.6 Å². The Hall–Kier alpha value is -3.53. The number of benzene rings is 2. The van der Waals surface area contributed by atoms with Crippen LogP contribution in [0, 0.1) is 11.3 Å². The van der Waals surface area contributed by atoms with Crippen LogP contribution in [0.3, 0.4) is 0 Å². The Balaban J connectivity index is 1.79. The first-order valence-electron chi connectivity index (χ1n) is 7.16. The number of imide groups is 1. The van der Waals surface area contributed by atoms with Crippen molar-refractivity contribution in [2.24, 2.45) is 0 Å². The summed E-state index contributed by atoms with van der Waals surface area (Å²) in [5.41, 5.74) is 1.12. The first-order chi connectivity index (χ1) is 11.7. The lowest BCUT2D eigenvalue weighted by atomic mass is 10.2. The van der Waals surface area contributed by atoms with Gasteiger partial charge < -0.3 is 14.8 Å². The average molecular weight is 323 g/mol. The maximum atomic E-state index is 12.3. The highest BCUT2D eigenvalue weighted by atomic mass is 16.6.